The number of aromatic nitrogens is 4. The number of fused-ring (bicyclic) bond motifs is 2. The van der Waals surface area contributed by atoms with E-state index >= 15 is 0 Å². The Kier molecular flexibility index (Phi) is 9.26. The molecule has 2 saturated heterocycles. The molecule has 2 unspecified atom stereocenters. The number of nitrogens with one attached hydrogen (secondary N) is 1. The minimum atomic E-state index is -2.94. The molecule has 272 valence electrons. The van der Waals surface area contributed by atoms with Crippen LogP contribution in [0.5, 0.6) is 0 Å². The van der Waals surface area contributed by atoms with Gasteiger partial charge in [0.2, 0.25) is 5.89 Å². The highest BCUT2D eigenvalue weighted by Gasteiger charge is 2.45. The molecule has 2 fully saturated rings. The van der Waals surface area contributed by atoms with Gasteiger partial charge in [0.25, 0.3) is 6.43 Å². The van der Waals surface area contributed by atoms with E-state index in [1.807, 2.05) is 49.4 Å². The number of β-amino-alcohol motifs (C(OH)–C–C–N with tert-alkyl or cyclic N) is 1. The molecular weight excluding hydrogens is 675 g/mol. The fourth-order valence-corrected chi connectivity index (χ4v) is 8.15. The summed E-state index contributed by atoms with van der Waals surface area (Å²) in [5, 5.41) is 23.8. The maximum atomic E-state index is 14.5. The van der Waals surface area contributed by atoms with Crippen molar-refractivity contribution in [3.8, 4) is 6.07 Å². The molecule has 0 radical (unpaired) electrons. The molecule has 0 spiro atoms. The Morgan fingerprint density at radius 1 is 1.02 bits per heavy atom. The third-order valence-electron chi connectivity index (χ3n) is 11.0. The Morgan fingerprint density at radius 2 is 1.79 bits per heavy atom. The molecule has 2 aliphatic heterocycles. The van der Waals surface area contributed by atoms with Gasteiger partial charge in [-0.25, -0.2) is 23.7 Å². The summed E-state index contributed by atoms with van der Waals surface area (Å²) in [6.45, 7) is 10.8. The molecule has 0 bridgehead atoms. The Hall–Kier alpha value is -5.09. The van der Waals surface area contributed by atoms with Crippen molar-refractivity contribution in [3.05, 3.63) is 106 Å². The first kappa shape index (κ1) is 35.0. The molecule has 3 aromatic heterocycles. The van der Waals surface area contributed by atoms with Gasteiger partial charge in [-0.3, -0.25) is 14.8 Å². The van der Waals surface area contributed by atoms with E-state index in [1.165, 1.54) is 0 Å². The van der Waals surface area contributed by atoms with Crippen LogP contribution >= 0.6 is 0 Å². The average Bonchev–Trinajstić information content (AvgIpc) is 3.88. The van der Waals surface area contributed by atoms with Crippen LogP contribution in [0.2, 0.25) is 0 Å². The Bertz CT molecular complexity index is 2300. The van der Waals surface area contributed by atoms with Crippen LogP contribution in [0.4, 0.5) is 14.6 Å². The number of nitrogens with zero attached hydrogens (tertiary/aromatic N) is 7. The molecule has 8 rings (SSSR count). The Morgan fingerprint density at radius 3 is 2.53 bits per heavy atom. The maximum absolute atomic E-state index is 14.5. The first-order valence-corrected chi connectivity index (χ1v) is 18.3. The van der Waals surface area contributed by atoms with Crippen molar-refractivity contribution in [3.63, 3.8) is 0 Å². The number of benzene rings is 2. The standard InChI is InChI=1S/C41H42F2N8O2/c1-24-10-13-50(20-24)21-27-15-29(18-44)36-34(16-27)47-40(53-36)41(12-6-9-32(26(41)3)31-8-5-4-7-25(31)2)49-38-35-33(46-39(48-38)37(42)43)17-28(19-45-35)22-51-14-11-30(52)23-51/h4-9,12,15-17,19,24,26,30,37,52H,10-11,13-14,20-23H2,1-3H3,(H,46,48,49)/t24-,26?,30+,41?/m0/s1. The zero-order valence-electron chi connectivity index (χ0n) is 30.1. The van der Waals surface area contributed by atoms with Crippen molar-refractivity contribution >= 4 is 33.5 Å². The number of hydrogen-bond donors (Lipinski definition) is 2. The molecule has 0 saturated carbocycles. The van der Waals surface area contributed by atoms with E-state index in [4.69, 9.17) is 14.4 Å². The number of likely N-dealkylation sites (tertiary alicyclic amines) is 2. The van der Waals surface area contributed by atoms with Crippen molar-refractivity contribution in [2.45, 2.75) is 64.8 Å². The molecule has 5 aromatic rings. The predicted octanol–water partition coefficient (Wildman–Crippen LogP) is 7.29. The van der Waals surface area contributed by atoms with E-state index in [0.717, 1.165) is 53.9 Å². The average molecular weight is 717 g/mol. The lowest BCUT2D eigenvalue weighted by Gasteiger charge is -2.39. The van der Waals surface area contributed by atoms with Crippen LogP contribution in [0.15, 0.2) is 71.3 Å². The lowest BCUT2D eigenvalue weighted by molar-refractivity contribution is 0.141. The highest BCUT2D eigenvalue weighted by molar-refractivity contribution is 5.87. The highest BCUT2D eigenvalue weighted by Crippen LogP contribution is 2.46. The molecule has 5 heterocycles. The third-order valence-corrected chi connectivity index (χ3v) is 11.0. The number of aryl methyl sites for hydroxylation is 1. The van der Waals surface area contributed by atoms with Crippen LogP contribution in [0.3, 0.4) is 0 Å². The van der Waals surface area contributed by atoms with Gasteiger partial charge in [-0.1, -0.05) is 50.3 Å². The number of halogens is 2. The maximum Gasteiger partial charge on any atom is 0.297 e. The number of hydrogen-bond acceptors (Lipinski definition) is 10. The summed E-state index contributed by atoms with van der Waals surface area (Å²) in [5.74, 6) is 0.0187. The highest BCUT2D eigenvalue weighted by atomic mass is 19.3. The van der Waals surface area contributed by atoms with Gasteiger partial charge in [-0.05, 0) is 84.3 Å². The van der Waals surface area contributed by atoms with Crippen LogP contribution in [0.1, 0.15) is 72.6 Å². The molecule has 4 atom stereocenters. The zero-order chi connectivity index (χ0) is 36.9. The molecule has 2 aromatic carbocycles. The van der Waals surface area contributed by atoms with Crippen molar-refractivity contribution in [2.24, 2.45) is 11.8 Å². The van der Waals surface area contributed by atoms with Crippen LogP contribution in [0.25, 0.3) is 27.7 Å². The second kappa shape index (κ2) is 14.0. The fraction of sp³-hybridized carbons (Fsp3) is 0.390. The van der Waals surface area contributed by atoms with Gasteiger partial charge < -0.3 is 14.8 Å². The molecule has 53 heavy (non-hydrogen) atoms. The second-order valence-corrected chi connectivity index (χ2v) is 14.9. The first-order valence-electron chi connectivity index (χ1n) is 18.3. The summed E-state index contributed by atoms with van der Waals surface area (Å²) in [6.07, 6.45) is 6.10. The van der Waals surface area contributed by atoms with Gasteiger partial charge in [0.05, 0.1) is 17.2 Å². The van der Waals surface area contributed by atoms with E-state index < -0.39 is 17.8 Å². The van der Waals surface area contributed by atoms with Crippen LogP contribution in [-0.4, -0.2) is 67.1 Å². The lowest BCUT2D eigenvalue weighted by Crippen LogP contribution is -2.42. The number of allylic oxidation sites excluding steroid dienone is 2. The number of aliphatic hydroxyl groups is 1. The summed E-state index contributed by atoms with van der Waals surface area (Å²) in [6, 6.07) is 16.0. The lowest BCUT2D eigenvalue weighted by atomic mass is 9.73. The van der Waals surface area contributed by atoms with Crippen molar-refractivity contribution in [1.82, 2.24) is 29.7 Å². The number of anilines is 1. The Balaban J connectivity index is 1.26. The van der Waals surface area contributed by atoms with Crippen LogP contribution in [-0.2, 0) is 18.6 Å². The number of pyridine rings is 1. The minimum absolute atomic E-state index is 0.114. The summed E-state index contributed by atoms with van der Waals surface area (Å²) in [4.78, 5) is 22.9. The second-order valence-electron chi connectivity index (χ2n) is 14.9. The Labute approximate surface area is 306 Å². The van der Waals surface area contributed by atoms with E-state index in [-0.39, 0.29) is 29.2 Å². The molecule has 0 amide bonds. The largest absolute Gasteiger partial charge is 0.436 e. The topological polar surface area (TPSA) is 127 Å². The summed E-state index contributed by atoms with van der Waals surface area (Å²) in [7, 11) is 0. The molecule has 3 aliphatic rings. The number of rotatable bonds is 9. The van der Waals surface area contributed by atoms with Gasteiger partial charge in [0.1, 0.15) is 22.6 Å². The molecule has 2 N–H and O–H groups in total. The first-order chi connectivity index (χ1) is 25.6. The van der Waals surface area contributed by atoms with E-state index in [0.29, 0.717) is 54.2 Å². The summed E-state index contributed by atoms with van der Waals surface area (Å²) < 4.78 is 35.6. The molecular formula is C41H42F2N8O2. The normalized spacial score (nSPS) is 23.7. The monoisotopic (exact) mass is 716 g/mol. The summed E-state index contributed by atoms with van der Waals surface area (Å²) >= 11 is 0. The fourth-order valence-electron chi connectivity index (χ4n) is 8.15. The van der Waals surface area contributed by atoms with Gasteiger partial charge in [-0.2, -0.15) is 5.26 Å². The van der Waals surface area contributed by atoms with Crippen molar-refractivity contribution in [1.29, 1.82) is 5.26 Å². The van der Waals surface area contributed by atoms with E-state index in [9.17, 15) is 19.1 Å². The summed E-state index contributed by atoms with van der Waals surface area (Å²) in [5.41, 5.74) is 5.52. The van der Waals surface area contributed by atoms with Crippen LogP contribution in [0, 0.1) is 30.1 Å². The van der Waals surface area contributed by atoms with Crippen LogP contribution < -0.4 is 5.32 Å². The zero-order valence-corrected chi connectivity index (χ0v) is 30.1. The molecule has 12 heteroatoms. The van der Waals surface area contributed by atoms with E-state index in [1.54, 1.807) is 12.3 Å². The number of nitriles is 1. The molecule has 1 aliphatic carbocycles. The number of oxazole rings is 1. The molecule has 10 nitrogen and oxygen atoms in total. The number of alkyl halides is 2. The van der Waals surface area contributed by atoms with Gasteiger partial charge in [0, 0.05) is 44.8 Å². The number of aliphatic hydroxyl groups excluding tert-OH is 1. The van der Waals surface area contributed by atoms with Crippen molar-refractivity contribution in [2.75, 3.05) is 31.5 Å². The predicted molar refractivity (Wildman–Crippen MR) is 199 cm³/mol. The quantitative estimate of drug-likeness (QED) is 0.161. The van der Waals surface area contributed by atoms with E-state index in [2.05, 4.69) is 57.1 Å². The SMILES string of the molecule is Cc1ccccc1C1=CC=CC(Nc2nc(C(F)F)nc3cc(CN4CC[C@@H](O)C4)cnc23)(c2nc3cc(CN4CC[C@H](C)C4)cc(C#N)c3o2)C1C. The smallest absolute Gasteiger partial charge is 0.297 e. The van der Waals surface area contributed by atoms with Gasteiger partial charge in [-0.15, -0.1) is 0 Å². The minimum Gasteiger partial charge on any atom is -0.436 e. The van der Waals surface area contributed by atoms with Gasteiger partial charge >= 0.3 is 0 Å². The van der Waals surface area contributed by atoms with Gasteiger partial charge in [0.15, 0.2) is 17.2 Å². The van der Waals surface area contributed by atoms with Crippen molar-refractivity contribution < 1.29 is 18.3 Å². The third kappa shape index (κ3) is 6.69.